The second kappa shape index (κ2) is 9.98. The predicted molar refractivity (Wildman–Crippen MR) is 71.2 cm³/mol. The van der Waals surface area contributed by atoms with Crippen LogP contribution in [0.1, 0.15) is 39.5 Å². The van der Waals surface area contributed by atoms with Crippen LogP contribution in [0.5, 0.6) is 0 Å². The summed E-state index contributed by atoms with van der Waals surface area (Å²) in [6.07, 6.45) is 2.84. The number of carboxylic acid groups (broad SMARTS) is 1. The molecule has 0 aromatic rings. The normalized spacial score (nSPS) is 20.9. The monoisotopic (exact) mass is 283 g/mol. The van der Waals surface area contributed by atoms with Crippen molar-refractivity contribution in [3.8, 4) is 6.07 Å². The van der Waals surface area contributed by atoms with Gasteiger partial charge in [0, 0.05) is 5.57 Å². The van der Waals surface area contributed by atoms with Crippen molar-refractivity contribution in [1.29, 1.82) is 5.26 Å². The van der Waals surface area contributed by atoms with Crippen LogP contribution in [0.2, 0.25) is 0 Å². The summed E-state index contributed by atoms with van der Waals surface area (Å²) in [5, 5.41) is 16.7. The maximum Gasteiger partial charge on any atom is 0.346 e. The van der Waals surface area contributed by atoms with E-state index >= 15 is 0 Å². The molecule has 20 heavy (non-hydrogen) atoms. The third-order valence-corrected chi connectivity index (χ3v) is 2.84. The quantitative estimate of drug-likeness (QED) is 0.483. The summed E-state index contributed by atoms with van der Waals surface area (Å²) in [6.45, 7) is 6.95. The van der Waals surface area contributed by atoms with E-state index in [0.717, 1.165) is 12.8 Å². The lowest BCUT2D eigenvalue weighted by Gasteiger charge is -2.25. The summed E-state index contributed by atoms with van der Waals surface area (Å²) in [7, 11) is 0. The van der Waals surface area contributed by atoms with Gasteiger partial charge in [-0.1, -0.05) is 19.4 Å². The first-order chi connectivity index (χ1) is 9.43. The molecule has 1 aliphatic carbocycles. The van der Waals surface area contributed by atoms with E-state index < -0.39 is 23.8 Å². The van der Waals surface area contributed by atoms with Crippen molar-refractivity contribution < 1.29 is 24.5 Å². The third-order valence-electron chi connectivity index (χ3n) is 2.84. The fourth-order valence-electron chi connectivity index (χ4n) is 1.89. The van der Waals surface area contributed by atoms with Crippen molar-refractivity contribution in [2.45, 2.75) is 39.5 Å². The molecular weight excluding hydrogens is 262 g/mol. The molecule has 0 saturated heterocycles. The maximum atomic E-state index is 11.5. The van der Waals surface area contributed by atoms with Crippen molar-refractivity contribution in [3.05, 3.63) is 12.2 Å². The first-order valence-electron chi connectivity index (χ1n) is 6.55. The molecule has 0 aromatic carbocycles. The van der Waals surface area contributed by atoms with Crippen molar-refractivity contribution >= 4 is 11.9 Å². The molecule has 2 atom stereocenters. The number of allylic oxidation sites excluding steroid dienone is 1. The molecule has 6 heteroatoms. The molecule has 0 aliphatic heterocycles. The van der Waals surface area contributed by atoms with Gasteiger partial charge in [-0.25, -0.2) is 4.79 Å². The van der Waals surface area contributed by atoms with E-state index in [-0.39, 0.29) is 6.61 Å². The van der Waals surface area contributed by atoms with E-state index in [0.29, 0.717) is 18.4 Å². The van der Waals surface area contributed by atoms with E-state index in [1.54, 1.807) is 13.8 Å². The lowest BCUT2D eigenvalue weighted by molar-refractivity contribution is -0.275. The Hall–Kier alpha value is -1.87. The molecule has 1 rings (SSSR count). The topological polar surface area (TPSA) is 96.6 Å². The molecule has 0 radical (unpaired) electrons. The number of carbonyl (C=O) groups excluding carboxylic acids is 1. The molecule has 1 saturated carbocycles. The zero-order valence-corrected chi connectivity index (χ0v) is 11.9. The van der Waals surface area contributed by atoms with Crippen LogP contribution in [0.15, 0.2) is 12.2 Å². The van der Waals surface area contributed by atoms with Gasteiger partial charge < -0.3 is 5.11 Å². The van der Waals surface area contributed by atoms with Crippen molar-refractivity contribution in [1.82, 2.24) is 0 Å². The van der Waals surface area contributed by atoms with Crippen molar-refractivity contribution in [3.63, 3.8) is 0 Å². The number of carbonyl (C=O) groups is 2. The fourth-order valence-corrected chi connectivity index (χ4v) is 1.89. The van der Waals surface area contributed by atoms with Gasteiger partial charge in [0.1, 0.15) is 0 Å². The smallest absolute Gasteiger partial charge is 0.346 e. The van der Waals surface area contributed by atoms with E-state index in [9.17, 15) is 9.59 Å². The van der Waals surface area contributed by atoms with Gasteiger partial charge in [-0.15, -0.1) is 0 Å². The molecule has 0 heterocycles. The van der Waals surface area contributed by atoms with Crippen LogP contribution in [0, 0.1) is 23.2 Å². The van der Waals surface area contributed by atoms with Crippen LogP contribution in [0.25, 0.3) is 0 Å². The van der Waals surface area contributed by atoms with Gasteiger partial charge in [-0.2, -0.15) is 10.1 Å². The van der Waals surface area contributed by atoms with Gasteiger partial charge in [0.15, 0.2) is 0 Å². The van der Waals surface area contributed by atoms with Gasteiger partial charge in [0.25, 0.3) is 0 Å². The Labute approximate surface area is 118 Å². The summed E-state index contributed by atoms with van der Waals surface area (Å²) >= 11 is 0. The first-order valence-corrected chi connectivity index (χ1v) is 6.55. The summed E-state index contributed by atoms with van der Waals surface area (Å²) in [4.78, 5) is 31.4. The Balaban J connectivity index is 0.000000621. The summed E-state index contributed by atoms with van der Waals surface area (Å²) in [6, 6.07) is 1.83. The highest BCUT2D eigenvalue weighted by molar-refractivity contribution is 5.81. The number of nitrogens with zero attached hydrogens (tertiary/aromatic N) is 1. The van der Waals surface area contributed by atoms with Gasteiger partial charge in [-0.05, 0) is 26.7 Å². The summed E-state index contributed by atoms with van der Waals surface area (Å²) in [5.41, 5.74) is 0.560. The van der Waals surface area contributed by atoms with Gasteiger partial charge in [0.05, 0.1) is 24.5 Å². The minimum absolute atomic E-state index is 0.274. The lowest BCUT2D eigenvalue weighted by atomic mass is 9.79. The van der Waals surface area contributed by atoms with E-state index in [2.05, 4.69) is 16.4 Å². The Morgan fingerprint density at radius 3 is 2.25 bits per heavy atom. The van der Waals surface area contributed by atoms with Gasteiger partial charge >= 0.3 is 11.9 Å². The molecule has 112 valence electrons. The molecule has 2 unspecified atom stereocenters. The second-order valence-electron chi connectivity index (χ2n) is 4.54. The van der Waals surface area contributed by atoms with Crippen molar-refractivity contribution in [2.24, 2.45) is 11.8 Å². The van der Waals surface area contributed by atoms with Crippen molar-refractivity contribution in [2.75, 3.05) is 6.61 Å². The third kappa shape index (κ3) is 6.90. The second-order valence-corrected chi connectivity index (χ2v) is 4.54. The molecular formula is C14H21NO5. The fraction of sp³-hybridized carbons (Fsp3) is 0.643. The lowest BCUT2D eigenvalue weighted by Crippen LogP contribution is -2.33. The predicted octanol–water partition coefficient (Wildman–Crippen LogP) is 2.46. The molecule has 1 fully saturated rings. The minimum Gasteiger partial charge on any atom is -0.481 e. The Kier molecular flexibility index (Phi) is 9.05. The van der Waals surface area contributed by atoms with E-state index in [4.69, 9.17) is 10.4 Å². The largest absolute Gasteiger partial charge is 0.481 e. The van der Waals surface area contributed by atoms with Crippen LogP contribution in [-0.2, 0) is 19.4 Å². The number of hydrogen-bond acceptors (Lipinski definition) is 5. The molecule has 1 aliphatic rings. The van der Waals surface area contributed by atoms with Gasteiger partial charge in [-0.3, -0.25) is 9.68 Å². The number of rotatable bonds is 4. The highest BCUT2D eigenvalue weighted by Crippen LogP contribution is 2.31. The van der Waals surface area contributed by atoms with Crippen LogP contribution in [0.3, 0.4) is 0 Å². The van der Waals surface area contributed by atoms with E-state index in [1.807, 2.05) is 6.07 Å². The average Bonchev–Trinajstić information content (AvgIpc) is 2.45. The van der Waals surface area contributed by atoms with E-state index in [1.165, 1.54) is 0 Å². The number of aliphatic carboxylic acids is 1. The zero-order chi connectivity index (χ0) is 15.5. The molecule has 1 N–H and O–H groups in total. The SMILES string of the molecule is C=C(C)C#N.CCOOC(=O)C1CCCCC1C(=O)O. The summed E-state index contributed by atoms with van der Waals surface area (Å²) < 4.78 is 0. The number of carboxylic acids is 1. The number of nitriles is 1. The zero-order valence-electron chi connectivity index (χ0n) is 11.9. The Morgan fingerprint density at radius 2 is 1.85 bits per heavy atom. The Bertz CT molecular complexity index is 386. The average molecular weight is 283 g/mol. The van der Waals surface area contributed by atoms with Crippen LogP contribution >= 0.6 is 0 Å². The van der Waals surface area contributed by atoms with Crippen LogP contribution in [0.4, 0.5) is 0 Å². The van der Waals surface area contributed by atoms with Gasteiger partial charge in [0.2, 0.25) is 0 Å². The first kappa shape index (κ1) is 18.1. The highest BCUT2D eigenvalue weighted by atomic mass is 17.2. The number of hydrogen-bond donors (Lipinski definition) is 1. The maximum absolute atomic E-state index is 11.5. The molecule has 0 amide bonds. The summed E-state index contributed by atoms with van der Waals surface area (Å²) in [5.74, 6) is -2.65. The molecule has 6 nitrogen and oxygen atoms in total. The minimum atomic E-state index is -0.923. The Morgan fingerprint density at radius 1 is 1.35 bits per heavy atom. The highest BCUT2D eigenvalue weighted by Gasteiger charge is 2.37. The molecule has 0 aromatic heterocycles. The van der Waals surface area contributed by atoms with Crippen LogP contribution in [-0.4, -0.2) is 23.7 Å². The molecule has 0 bridgehead atoms. The van der Waals surface area contributed by atoms with Crippen LogP contribution < -0.4 is 0 Å². The molecule has 0 spiro atoms. The standard InChI is InChI=1S/C10H16O5.C4H5N/c1-2-14-15-10(13)8-6-4-3-5-7(8)9(11)12;1-4(2)3-5/h7-8H,2-6H2,1H3,(H,11,12);1H2,2H3.